The van der Waals surface area contributed by atoms with Crippen molar-refractivity contribution in [3.8, 4) is 5.75 Å². The van der Waals surface area contributed by atoms with Crippen molar-refractivity contribution in [1.82, 2.24) is 5.32 Å². The number of hydrogen-bond acceptors (Lipinski definition) is 3. The summed E-state index contributed by atoms with van der Waals surface area (Å²) >= 11 is 6.34. The Kier molecular flexibility index (Phi) is 4.15. The van der Waals surface area contributed by atoms with Gasteiger partial charge in [0.15, 0.2) is 0 Å². The van der Waals surface area contributed by atoms with Gasteiger partial charge in [0.2, 0.25) is 0 Å². The Morgan fingerprint density at radius 2 is 2.17 bits per heavy atom. The standard InChI is InChI=1S/C14H20ClNO2/c1-8-5-12(17-4)13(10(3)14(8)15)11-7-18-9(2)6-16-11/h5,9,11,16H,6-7H2,1-4H3. The monoisotopic (exact) mass is 269 g/mol. The molecule has 1 fully saturated rings. The molecule has 0 aliphatic carbocycles. The second kappa shape index (κ2) is 5.47. The topological polar surface area (TPSA) is 30.5 Å². The van der Waals surface area contributed by atoms with Gasteiger partial charge in [-0.05, 0) is 38.0 Å². The average Bonchev–Trinajstić information content (AvgIpc) is 2.37. The van der Waals surface area contributed by atoms with Crippen LogP contribution in [-0.2, 0) is 4.74 Å². The number of methoxy groups -OCH3 is 1. The van der Waals surface area contributed by atoms with Gasteiger partial charge in [0.1, 0.15) is 5.75 Å². The summed E-state index contributed by atoms with van der Waals surface area (Å²) in [5, 5.41) is 4.30. The van der Waals surface area contributed by atoms with Crippen LogP contribution in [0, 0.1) is 13.8 Å². The minimum atomic E-state index is 0.147. The van der Waals surface area contributed by atoms with E-state index in [1.54, 1.807) is 7.11 Å². The summed E-state index contributed by atoms with van der Waals surface area (Å²) in [5.41, 5.74) is 3.23. The fourth-order valence-electron chi connectivity index (χ4n) is 2.41. The predicted octanol–water partition coefficient (Wildman–Crippen LogP) is 3.01. The number of nitrogens with one attached hydrogen (secondary N) is 1. The van der Waals surface area contributed by atoms with Crippen molar-refractivity contribution in [2.24, 2.45) is 0 Å². The molecule has 0 amide bonds. The lowest BCUT2D eigenvalue weighted by molar-refractivity contribution is 0.0143. The van der Waals surface area contributed by atoms with E-state index in [9.17, 15) is 0 Å². The molecule has 0 spiro atoms. The van der Waals surface area contributed by atoms with Crippen molar-refractivity contribution in [2.75, 3.05) is 20.3 Å². The Hall–Kier alpha value is -0.770. The lowest BCUT2D eigenvalue weighted by Crippen LogP contribution is -2.40. The number of hydrogen-bond donors (Lipinski definition) is 1. The number of rotatable bonds is 2. The van der Waals surface area contributed by atoms with Crippen LogP contribution in [-0.4, -0.2) is 26.4 Å². The van der Waals surface area contributed by atoms with E-state index in [0.717, 1.165) is 34.0 Å². The normalized spacial score (nSPS) is 24.1. The van der Waals surface area contributed by atoms with Gasteiger partial charge in [0, 0.05) is 17.1 Å². The van der Waals surface area contributed by atoms with Crippen molar-refractivity contribution in [3.63, 3.8) is 0 Å². The Bertz CT molecular complexity index is 440. The number of benzene rings is 1. The third kappa shape index (κ3) is 2.48. The van der Waals surface area contributed by atoms with Gasteiger partial charge in [0.25, 0.3) is 0 Å². The van der Waals surface area contributed by atoms with Crippen molar-refractivity contribution < 1.29 is 9.47 Å². The zero-order valence-electron chi connectivity index (χ0n) is 11.3. The fraction of sp³-hybridized carbons (Fsp3) is 0.571. The van der Waals surface area contributed by atoms with Crippen LogP contribution < -0.4 is 10.1 Å². The molecule has 0 saturated carbocycles. The van der Waals surface area contributed by atoms with Crippen LogP contribution in [0.25, 0.3) is 0 Å². The smallest absolute Gasteiger partial charge is 0.124 e. The molecule has 1 saturated heterocycles. The van der Waals surface area contributed by atoms with Crippen molar-refractivity contribution >= 4 is 11.6 Å². The molecule has 1 aliphatic heterocycles. The van der Waals surface area contributed by atoms with Crippen LogP contribution in [0.1, 0.15) is 29.7 Å². The van der Waals surface area contributed by atoms with Crippen molar-refractivity contribution in [2.45, 2.75) is 32.9 Å². The van der Waals surface area contributed by atoms with Gasteiger partial charge in [-0.2, -0.15) is 0 Å². The fourth-order valence-corrected chi connectivity index (χ4v) is 2.57. The minimum Gasteiger partial charge on any atom is -0.496 e. The van der Waals surface area contributed by atoms with E-state index in [1.165, 1.54) is 0 Å². The first-order valence-corrected chi connectivity index (χ1v) is 6.61. The summed E-state index contributed by atoms with van der Waals surface area (Å²) in [5.74, 6) is 0.880. The number of morpholine rings is 1. The lowest BCUT2D eigenvalue weighted by Gasteiger charge is -2.31. The second-order valence-corrected chi connectivity index (χ2v) is 5.23. The number of aryl methyl sites for hydroxylation is 1. The molecule has 0 bridgehead atoms. The Balaban J connectivity index is 2.39. The molecule has 0 radical (unpaired) electrons. The lowest BCUT2D eigenvalue weighted by atomic mass is 9.97. The Labute approximate surface area is 113 Å². The van der Waals surface area contributed by atoms with Crippen molar-refractivity contribution in [3.05, 3.63) is 27.8 Å². The van der Waals surface area contributed by atoms with Gasteiger partial charge in [-0.3, -0.25) is 0 Å². The Morgan fingerprint density at radius 3 is 2.72 bits per heavy atom. The third-order valence-corrected chi connectivity index (χ3v) is 4.04. The first-order valence-electron chi connectivity index (χ1n) is 6.23. The highest BCUT2D eigenvalue weighted by Crippen LogP contribution is 2.36. The SMILES string of the molecule is COc1cc(C)c(Cl)c(C)c1C1COC(C)CN1. The van der Waals surface area contributed by atoms with Crippen LogP contribution in [0.5, 0.6) is 5.75 Å². The van der Waals surface area contributed by atoms with Gasteiger partial charge in [-0.1, -0.05) is 11.6 Å². The van der Waals surface area contributed by atoms with Gasteiger partial charge in [-0.15, -0.1) is 0 Å². The molecule has 18 heavy (non-hydrogen) atoms. The minimum absolute atomic E-state index is 0.147. The Morgan fingerprint density at radius 1 is 1.44 bits per heavy atom. The van der Waals surface area contributed by atoms with Gasteiger partial charge >= 0.3 is 0 Å². The summed E-state index contributed by atoms with van der Waals surface area (Å²) in [4.78, 5) is 0. The highest BCUT2D eigenvalue weighted by molar-refractivity contribution is 6.32. The van der Waals surface area contributed by atoms with E-state index in [-0.39, 0.29) is 12.1 Å². The largest absolute Gasteiger partial charge is 0.496 e. The molecule has 2 atom stereocenters. The van der Waals surface area contributed by atoms with Crippen molar-refractivity contribution in [1.29, 1.82) is 0 Å². The first kappa shape index (κ1) is 13.7. The molecule has 100 valence electrons. The van der Waals surface area contributed by atoms with Gasteiger partial charge in [0.05, 0.1) is 25.9 Å². The number of halogens is 1. The highest BCUT2D eigenvalue weighted by atomic mass is 35.5. The van der Waals surface area contributed by atoms with E-state index >= 15 is 0 Å². The first-order chi connectivity index (χ1) is 8.54. The molecule has 1 aromatic carbocycles. The van der Waals surface area contributed by atoms with Gasteiger partial charge < -0.3 is 14.8 Å². The molecule has 4 heteroatoms. The summed E-state index contributed by atoms with van der Waals surface area (Å²) in [6.07, 6.45) is 0.258. The maximum Gasteiger partial charge on any atom is 0.124 e. The third-order valence-electron chi connectivity index (χ3n) is 3.46. The highest BCUT2D eigenvalue weighted by Gasteiger charge is 2.25. The van der Waals surface area contributed by atoms with Crippen LogP contribution in [0.2, 0.25) is 5.02 Å². The van der Waals surface area contributed by atoms with E-state index < -0.39 is 0 Å². The van der Waals surface area contributed by atoms with Crippen LogP contribution in [0.15, 0.2) is 6.07 Å². The van der Waals surface area contributed by atoms with E-state index in [2.05, 4.69) is 12.2 Å². The maximum atomic E-state index is 6.34. The molecule has 2 rings (SSSR count). The summed E-state index contributed by atoms with van der Waals surface area (Å²) < 4.78 is 11.2. The van der Waals surface area contributed by atoms with E-state index in [1.807, 2.05) is 19.9 Å². The molecule has 3 nitrogen and oxygen atoms in total. The zero-order valence-corrected chi connectivity index (χ0v) is 12.1. The molecule has 1 N–H and O–H groups in total. The molecular weight excluding hydrogens is 250 g/mol. The zero-order chi connectivity index (χ0) is 13.3. The summed E-state index contributed by atoms with van der Waals surface area (Å²) in [6, 6.07) is 2.14. The maximum absolute atomic E-state index is 6.34. The molecule has 1 aliphatic rings. The van der Waals surface area contributed by atoms with Crippen LogP contribution in [0.4, 0.5) is 0 Å². The predicted molar refractivity (Wildman–Crippen MR) is 73.6 cm³/mol. The van der Waals surface area contributed by atoms with E-state index in [0.29, 0.717) is 6.61 Å². The quantitative estimate of drug-likeness (QED) is 0.895. The summed E-state index contributed by atoms with van der Waals surface area (Å²) in [7, 11) is 1.69. The second-order valence-electron chi connectivity index (χ2n) is 4.85. The average molecular weight is 270 g/mol. The van der Waals surface area contributed by atoms with Crippen LogP contribution >= 0.6 is 11.6 Å². The molecule has 0 aromatic heterocycles. The molecule has 1 heterocycles. The number of ether oxygens (including phenoxy) is 2. The van der Waals surface area contributed by atoms with Gasteiger partial charge in [-0.25, -0.2) is 0 Å². The molecular formula is C14H20ClNO2. The molecule has 2 unspecified atom stereocenters. The molecule has 1 aromatic rings. The summed E-state index contributed by atoms with van der Waals surface area (Å²) in [6.45, 7) is 7.59. The van der Waals surface area contributed by atoms with Crippen LogP contribution in [0.3, 0.4) is 0 Å². The van der Waals surface area contributed by atoms with E-state index in [4.69, 9.17) is 21.1 Å².